The van der Waals surface area contributed by atoms with Crippen LogP contribution in [0.3, 0.4) is 0 Å². The van der Waals surface area contributed by atoms with E-state index in [1.807, 2.05) is 0 Å². The van der Waals surface area contributed by atoms with Gasteiger partial charge in [0.2, 0.25) is 0 Å². The van der Waals surface area contributed by atoms with Crippen molar-refractivity contribution in [1.82, 2.24) is 0 Å². The third-order valence-electron chi connectivity index (χ3n) is 3.85. The Balaban J connectivity index is 1.98. The lowest BCUT2D eigenvalue weighted by Crippen LogP contribution is -1.98. The van der Waals surface area contributed by atoms with E-state index in [0.29, 0.717) is 22.9 Å². The summed E-state index contributed by atoms with van der Waals surface area (Å²) in [6.45, 7) is 2.95. The lowest BCUT2D eigenvalue weighted by Gasteiger charge is -2.08. The zero-order valence-corrected chi connectivity index (χ0v) is 14.5. The summed E-state index contributed by atoms with van der Waals surface area (Å²) in [6.07, 6.45) is 13.9. The molecule has 22 heavy (non-hydrogen) atoms. The Labute approximate surface area is 140 Å². The Morgan fingerprint density at radius 3 is 2.09 bits per heavy atom. The van der Waals surface area contributed by atoms with Crippen LogP contribution in [0.5, 0.6) is 5.75 Å². The van der Waals surface area contributed by atoms with E-state index in [2.05, 4.69) is 6.92 Å². The van der Waals surface area contributed by atoms with Gasteiger partial charge in [-0.2, -0.15) is 0 Å². The number of rotatable bonds is 13. The molecule has 0 saturated heterocycles. The molecule has 3 heteroatoms. The molecule has 1 aromatic carbocycles. The van der Waals surface area contributed by atoms with Gasteiger partial charge in [-0.1, -0.05) is 76.3 Å². The fourth-order valence-electron chi connectivity index (χ4n) is 2.48. The maximum atomic E-state index is 10.6. The summed E-state index contributed by atoms with van der Waals surface area (Å²) in [5.74, 6) is 0.670. The lowest BCUT2D eigenvalue weighted by atomic mass is 10.1. The number of ether oxygens (including phenoxy) is 1. The molecule has 0 fully saturated rings. The van der Waals surface area contributed by atoms with E-state index in [1.165, 1.54) is 57.8 Å². The van der Waals surface area contributed by atoms with Gasteiger partial charge in [0, 0.05) is 5.56 Å². The predicted molar refractivity (Wildman–Crippen MR) is 94.2 cm³/mol. The zero-order chi connectivity index (χ0) is 16.0. The largest absolute Gasteiger partial charge is 0.492 e. The Kier molecular flexibility index (Phi) is 10.8. The van der Waals surface area contributed by atoms with Crippen LogP contribution >= 0.6 is 11.6 Å². The average molecular weight is 325 g/mol. The van der Waals surface area contributed by atoms with Crippen LogP contribution in [-0.2, 0) is 0 Å². The topological polar surface area (TPSA) is 26.3 Å². The first kappa shape index (κ1) is 19.0. The van der Waals surface area contributed by atoms with Crippen molar-refractivity contribution in [2.24, 2.45) is 0 Å². The van der Waals surface area contributed by atoms with Crippen molar-refractivity contribution in [1.29, 1.82) is 0 Å². The summed E-state index contributed by atoms with van der Waals surface area (Å²) in [5.41, 5.74) is 0.580. The minimum Gasteiger partial charge on any atom is -0.492 e. The fourth-order valence-corrected chi connectivity index (χ4v) is 2.72. The van der Waals surface area contributed by atoms with Gasteiger partial charge < -0.3 is 4.74 Å². The van der Waals surface area contributed by atoms with Gasteiger partial charge in [0.05, 0.1) is 11.6 Å². The molecular weight excluding hydrogens is 296 g/mol. The summed E-state index contributed by atoms with van der Waals surface area (Å²) < 4.78 is 5.66. The van der Waals surface area contributed by atoms with Gasteiger partial charge in [0.1, 0.15) is 12.0 Å². The quantitative estimate of drug-likeness (QED) is 0.308. The molecule has 0 aliphatic heterocycles. The molecule has 124 valence electrons. The van der Waals surface area contributed by atoms with E-state index in [0.717, 1.165) is 12.7 Å². The second kappa shape index (κ2) is 12.5. The van der Waals surface area contributed by atoms with E-state index < -0.39 is 0 Å². The monoisotopic (exact) mass is 324 g/mol. The maximum Gasteiger partial charge on any atom is 0.150 e. The first-order valence-electron chi connectivity index (χ1n) is 8.65. The van der Waals surface area contributed by atoms with Gasteiger partial charge in [-0.25, -0.2) is 0 Å². The van der Waals surface area contributed by atoms with Crippen LogP contribution in [0.2, 0.25) is 5.02 Å². The Morgan fingerprint density at radius 2 is 1.55 bits per heavy atom. The van der Waals surface area contributed by atoms with Gasteiger partial charge >= 0.3 is 0 Å². The van der Waals surface area contributed by atoms with Crippen LogP contribution < -0.4 is 4.74 Å². The molecule has 0 saturated carbocycles. The summed E-state index contributed by atoms with van der Waals surface area (Å²) in [5, 5.41) is 0.511. The number of carbonyl (C=O) groups is 1. The van der Waals surface area contributed by atoms with E-state index in [4.69, 9.17) is 16.3 Å². The normalized spacial score (nSPS) is 10.6. The molecule has 0 unspecified atom stereocenters. The van der Waals surface area contributed by atoms with Gasteiger partial charge in [-0.05, 0) is 24.6 Å². The summed E-state index contributed by atoms with van der Waals surface area (Å²) >= 11 is 6.06. The van der Waals surface area contributed by atoms with Gasteiger partial charge in [-0.3, -0.25) is 4.79 Å². The third kappa shape index (κ3) is 8.43. The van der Waals surface area contributed by atoms with E-state index in [9.17, 15) is 4.79 Å². The van der Waals surface area contributed by atoms with Crippen LogP contribution in [0.15, 0.2) is 18.2 Å². The molecule has 0 amide bonds. The van der Waals surface area contributed by atoms with Crippen LogP contribution in [0.25, 0.3) is 0 Å². The molecule has 0 aromatic heterocycles. The molecule has 1 rings (SSSR count). The van der Waals surface area contributed by atoms with E-state index >= 15 is 0 Å². The molecule has 2 nitrogen and oxygen atoms in total. The van der Waals surface area contributed by atoms with Gasteiger partial charge in [0.25, 0.3) is 0 Å². The minimum atomic E-state index is 0.511. The van der Waals surface area contributed by atoms with E-state index in [1.54, 1.807) is 18.2 Å². The number of unbranched alkanes of at least 4 members (excludes halogenated alkanes) is 9. The van der Waals surface area contributed by atoms with Crippen molar-refractivity contribution in [3.05, 3.63) is 28.8 Å². The van der Waals surface area contributed by atoms with Crippen molar-refractivity contribution in [2.75, 3.05) is 6.61 Å². The van der Waals surface area contributed by atoms with Crippen LogP contribution in [0.1, 0.15) is 81.5 Å². The molecule has 0 spiro atoms. The SMILES string of the molecule is CCCCCCCCCCCCOc1ccc(C=O)cc1Cl. The molecule has 0 N–H and O–H groups in total. The number of carbonyl (C=O) groups excluding carboxylic acids is 1. The van der Waals surface area contributed by atoms with Crippen molar-refractivity contribution in [2.45, 2.75) is 71.1 Å². The third-order valence-corrected chi connectivity index (χ3v) is 4.14. The summed E-state index contributed by atoms with van der Waals surface area (Å²) in [7, 11) is 0. The highest BCUT2D eigenvalue weighted by Gasteiger charge is 2.02. The Hall–Kier alpha value is -1.02. The smallest absolute Gasteiger partial charge is 0.150 e. The molecular formula is C19H29ClO2. The minimum absolute atomic E-state index is 0.511. The van der Waals surface area contributed by atoms with Gasteiger partial charge in [0.15, 0.2) is 0 Å². The van der Waals surface area contributed by atoms with Crippen LogP contribution in [-0.4, -0.2) is 12.9 Å². The second-order valence-corrected chi connectivity index (χ2v) is 6.25. The first-order chi connectivity index (χ1) is 10.8. The second-order valence-electron chi connectivity index (χ2n) is 5.84. The molecule has 0 heterocycles. The van der Waals surface area contributed by atoms with Gasteiger partial charge in [-0.15, -0.1) is 0 Å². The fraction of sp³-hybridized carbons (Fsp3) is 0.632. The first-order valence-corrected chi connectivity index (χ1v) is 9.03. The predicted octanol–water partition coefficient (Wildman–Crippen LogP) is 6.45. The highest BCUT2D eigenvalue weighted by molar-refractivity contribution is 6.32. The van der Waals surface area contributed by atoms with Crippen molar-refractivity contribution in [3.63, 3.8) is 0 Å². The summed E-state index contributed by atoms with van der Waals surface area (Å²) in [6, 6.07) is 5.14. The number of benzene rings is 1. The average Bonchev–Trinajstić information content (AvgIpc) is 2.53. The number of hydrogen-bond donors (Lipinski definition) is 0. The van der Waals surface area contributed by atoms with Crippen molar-refractivity contribution < 1.29 is 9.53 Å². The molecule has 0 aliphatic carbocycles. The van der Waals surface area contributed by atoms with Crippen LogP contribution in [0, 0.1) is 0 Å². The number of hydrogen-bond acceptors (Lipinski definition) is 2. The van der Waals surface area contributed by atoms with Crippen LogP contribution in [0.4, 0.5) is 0 Å². The summed E-state index contributed by atoms with van der Waals surface area (Å²) in [4.78, 5) is 10.6. The molecule has 0 radical (unpaired) electrons. The lowest BCUT2D eigenvalue weighted by molar-refractivity contribution is 0.112. The standard InChI is InChI=1S/C19H29ClO2/c1-2-3-4-5-6-7-8-9-10-11-14-22-19-13-12-17(16-21)15-18(19)20/h12-13,15-16H,2-11,14H2,1H3. The Bertz CT molecular complexity index is 418. The zero-order valence-electron chi connectivity index (χ0n) is 13.8. The highest BCUT2D eigenvalue weighted by atomic mass is 35.5. The molecule has 0 aliphatic rings. The van der Waals surface area contributed by atoms with E-state index in [-0.39, 0.29) is 0 Å². The number of halogens is 1. The number of aldehydes is 1. The van der Waals surface area contributed by atoms with Crippen molar-refractivity contribution in [3.8, 4) is 5.75 Å². The molecule has 1 aromatic rings. The van der Waals surface area contributed by atoms with Crippen molar-refractivity contribution >= 4 is 17.9 Å². The Morgan fingerprint density at radius 1 is 0.955 bits per heavy atom. The molecule has 0 bridgehead atoms. The molecule has 0 atom stereocenters. The maximum absolute atomic E-state index is 10.6. The highest BCUT2D eigenvalue weighted by Crippen LogP contribution is 2.25.